The summed E-state index contributed by atoms with van der Waals surface area (Å²) in [6.07, 6.45) is 2.09. The first kappa shape index (κ1) is 34.3. The first-order valence-corrected chi connectivity index (χ1v) is 15.1. The number of rotatable bonds is 9. The van der Waals surface area contributed by atoms with E-state index in [0.29, 0.717) is 12.0 Å². The minimum absolute atomic E-state index is 0.0632. The van der Waals surface area contributed by atoms with Crippen LogP contribution in [0.4, 0.5) is 8.78 Å². The molecule has 0 aliphatic carbocycles. The Morgan fingerprint density at radius 3 is 2.44 bits per heavy atom. The van der Waals surface area contributed by atoms with E-state index in [4.69, 9.17) is 32.7 Å². The average molecular weight is 661 g/mol. The molecular formula is C34H37Cl2F2N3O4. The van der Waals surface area contributed by atoms with Crippen LogP contribution in [0.5, 0.6) is 5.75 Å². The summed E-state index contributed by atoms with van der Waals surface area (Å²) in [4.78, 5) is 30.6. The number of amides is 1. The number of nitrogens with zero attached hydrogens (tertiary/aromatic N) is 1. The number of carbonyl (C=O) groups is 2. The predicted octanol–water partition coefficient (Wildman–Crippen LogP) is 6.88. The molecule has 1 amide bonds. The molecule has 1 aliphatic rings. The predicted molar refractivity (Wildman–Crippen MR) is 173 cm³/mol. The van der Waals surface area contributed by atoms with Crippen molar-refractivity contribution < 1.29 is 27.8 Å². The third kappa shape index (κ3) is 7.00. The summed E-state index contributed by atoms with van der Waals surface area (Å²) in [7, 11) is 4.26. The molecule has 1 heterocycles. The summed E-state index contributed by atoms with van der Waals surface area (Å²) in [5.41, 5.74) is -0.355. The average Bonchev–Trinajstić information content (AvgIpc) is 3.29. The van der Waals surface area contributed by atoms with Crippen LogP contribution in [0, 0.1) is 17.0 Å². The molecular weight excluding hydrogens is 623 g/mol. The Morgan fingerprint density at radius 2 is 1.82 bits per heavy atom. The van der Waals surface area contributed by atoms with Crippen molar-refractivity contribution in [1.82, 2.24) is 10.6 Å². The minimum atomic E-state index is -1.32. The largest absolute Gasteiger partial charge is 0.496 e. The number of halogens is 4. The van der Waals surface area contributed by atoms with E-state index in [9.17, 15) is 9.59 Å². The van der Waals surface area contributed by atoms with Crippen molar-refractivity contribution in [2.24, 2.45) is 10.4 Å². The Balaban J connectivity index is 1.86. The molecule has 45 heavy (non-hydrogen) atoms. The lowest BCUT2D eigenvalue weighted by atomic mass is 9.62. The summed E-state index contributed by atoms with van der Waals surface area (Å²) in [5.74, 6) is -3.00. The number of methoxy groups -OCH3 is 2. The number of aliphatic imine (C=N–C) groups is 1. The maximum absolute atomic E-state index is 16.0. The van der Waals surface area contributed by atoms with Crippen LogP contribution in [0.2, 0.25) is 10.0 Å². The smallest absolute Gasteiger partial charge is 0.341 e. The highest BCUT2D eigenvalue weighted by molar-refractivity contribution is 6.31. The molecule has 3 aromatic rings. The third-order valence-electron chi connectivity index (χ3n) is 8.10. The van der Waals surface area contributed by atoms with Gasteiger partial charge in [-0.05, 0) is 53.3 Å². The van der Waals surface area contributed by atoms with Gasteiger partial charge in [-0.2, -0.15) is 0 Å². The summed E-state index contributed by atoms with van der Waals surface area (Å²) in [6.45, 7) is 6.17. The van der Waals surface area contributed by atoms with E-state index in [-0.39, 0.29) is 44.4 Å². The Hall–Kier alpha value is -3.53. The molecule has 0 saturated carbocycles. The zero-order chi connectivity index (χ0) is 33.1. The van der Waals surface area contributed by atoms with Crippen LogP contribution in [0.25, 0.3) is 0 Å². The fourth-order valence-electron chi connectivity index (χ4n) is 6.28. The van der Waals surface area contributed by atoms with E-state index in [2.05, 4.69) is 15.6 Å². The van der Waals surface area contributed by atoms with Crippen LogP contribution < -0.4 is 15.4 Å². The second kappa shape index (κ2) is 13.8. The first-order valence-electron chi connectivity index (χ1n) is 14.4. The van der Waals surface area contributed by atoms with E-state index in [0.717, 1.165) is 0 Å². The van der Waals surface area contributed by atoms with Crippen molar-refractivity contribution >= 4 is 41.3 Å². The molecule has 4 rings (SSSR count). The van der Waals surface area contributed by atoms with E-state index in [1.807, 2.05) is 20.8 Å². The van der Waals surface area contributed by atoms with Gasteiger partial charge in [0, 0.05) is 42.4 Å². The van der Waals surface area contributed by atoms with E-state index < -0.39 is 46.9 Å². The molecule has 2 N–H and O–H groups in total. The van der Waals surface area contributed by atoms with E-state index in [1.54, 1.807) is 55.7 Å². The van der Waals surface area contributed by atoms with Crippen molar-refractivity contribution in [3.8, 4) is 5.75 Å². The van der Waals surface area contributed by atoms with Crippen molar-refractivity contribution in [2.75, 3.05) is 21.3 Å². The van der Waals surface area contributed by atoms with Crippen LogP contribution in [-0.4, -0.2) is 51.4 Å². The second-order valence-electron chi connectivity index (χ2n) is 12.3. The quantitative estimate of drug-likeness (QED) is 0.193. The molecule has 240 valence electrons. The zero-order valence-corrected chi connectivity index (χ0v) is 27.5. The van der Waals surface area contributed by atoms with Crippen molar-refractivity contribution in [2.45, 2.75) is 57.2 Å². The standard InChI is InChI=1S/C34H37Cl2F2N3O4/c1-33(2,3)16-27-34(18-39-4,23-13-11-20(35)15-25(23)37)28(22-8-7-9-24(36)29(22)38)30(41-27)31(42)40-17-19-10-12-21(32(43)45-6)26(14-19)44-5/h7-15,18,27-28,30,41H,16-17H2,1-6H3,(H,40,42)/b39-18+/t27-,28-,30+,34-/m0/s1. The SMILES string of the molecule is C/N=C/[C@]1(c2ccc(Cl)cc2F)[C@H](CC(C)(C)C)N[C@@H](C(=O)NCc2ccc(C(=O)OC)c(OC)c2)[C@@H]1c1cccc(Cl)c1F. The van der Waals surface area contributed by atoms with E-state index in [1.165, 1.54) is 26.4 Å². The molecule has 4 atom stereocenters. The maximum Gasteiger partial charge on any atom is 0.341 e. The number of carbonyl (C=O) groups excluding carboxylic acids is 2. The number of hydrogen-bond acceptors (Lipinski definition) is 6. The number of benzene rings is 3. The lowest BCUT2D eigenvalue weighted by molar-refractivity contribution is -0.123. The van der Waals surface area contributed by atoms with Crippen LogP contribution in [0.1, 0.15) is 60.2 Å². The molecule has 0 spiro atoms. The van der Waals surface area contributed by atoms with Crippen LogP contribution in [-0.2, 0) is 21.5 Å². The molecule has 3 aromatic carbocycles. The van der Waals surface area contributed by atoms with Crippen molar-refractivity contribution in [1.29, 1.82) is 0 Å². The molecule has 0 aromatic heterocycles. The molecule has 1 fully saturated rings. The highest BCUT2D eigenvalue weighted by atomic mass is 35.5. The highest BCUT2D eigenvalue weighted by Gasteiger charge is 2.59. The topological polar surface area (TPSA) is 89.0 Å². The van der Waals surface area contributed by atoms with Gasteiger partial charge >= 0.3 is 5.97 Å². The monoisotopic (exact) mass is 659 g/mol. The van der Waals surface area contributed by atoms with Crippen LogP contribution >= 0.6 is 23.2 Å². The first-order chi connectivity index (χ1) is 21.3. The van der Waals surface area contributed by atoms with Crippen LogP contribution in [0.15, 0.2) is 59.6 Å². The molecule has 0 radical (unpaired) electrons. The number of esters is 1. The second-order valence-corrected chi connectivity index (χ2v) is 13.1. The molecule has 1 saturated heterocycles. The minimum Gasteiger partial charge on any atom is -0.496 e. The van der Waals surface area contributed by atoms with Gasteiger partial charge < -0.3 is 20.1 Å². The van der Waals surface area contributed by atoms with Gasteiger partial charge in [0.1, 0.15) is 22.9 Å². The summed E-state index contributed by atoms with van der Waals surface area (Å²) < 4.78 is 42.1. The Labute approximate surface area is 272 Å². The summed E-state index contributed by atoms with van der Waals surface area (Å²) >= 11 is 12.4. The normalized spacial score (nSPS) is 21.6. The molecule has 0 unspecified atom stereocenters. The van der Waals surface area contributed by atoms with Crippen molar-refractivity contribution in [3.05, 3.63) is 98.5 Å². The molecule has 7 nitrogen and oxygen atoms in total. The van der Waals surface area contributed by atoms with Gasteiger partial charge in [-0.3, -0.25) is 9.79 Å². The molecule has 1 aliphatic heterocycles. The van der Waals surface area contributed by atoms with Gasteiger partial charge in [0.2, 0.25) is 5.91 Å². The Bertz CT molecular complexity index is 1610. The maximum atomic E-state index is 16.0. The van der Waals surface area contributed by atoms with Crippen molar-refractivity contribution in [3.63, 3.8) is 0 Å². The van der Waals surface area contributed by atoms with Crippen LogP contribution in [0.3, 0.4) is 0 Å². The van der Waals surface area contributed by atoms with Gasteiger partial charge in [-0.1, -0.05) is 68.2 Å². The summed E-state index contributed by atoms with van der Waals surface area (Å²) in [6, 6.07) is 12.2. The highest BCUT2D eigenvalue weighted by Crippen LogP contribution is 2.52. The van der Waals surface area contributed by atoms with Gasteiger partial charge in [0.15, 0.2) is 0 Å². The number of hydrogen-bond donors (Lipinski definition) is 2. The Morgan fingerprint density at radius 1 is 1.09 bits per heavy atom. The van der Waals surface area contributed by atoms with E-state index >= 15 is 8.78 Å². The lowest BCUT2D eigenvalue weighted by Gasteiger charge is -2.40. The number of ether oxygens (including phenoxy) is 2. The molecule has 0 bridgehead atoms. The number of nitrogens with one attached hydrogen (secondary N) is 2. The van der Waals surface area contributed by atoms with Gasteiger partial charge in [0.05, 0.1) is 30.7 Å². The summed E-state index contributed by atoms with van der Waals surface area (Å²) in [5, 5.41) is 6.47. The Kier molecular flexibility index (Phi) is 10.6. The fraction of sp³-hybridized carbons (Fsp3) is 0.382. The molecule has 11 heteroatoms. The van der Waals surface area contributed by atoms with Gasteiger partial charge in [-0.15, -0.1) is 0 Å². The third-order valence-corrected chi connectivity index (χ3v) is 8.63. The van der Waals surface area contributed by atoms with Gasteiger partial charge in [-0.25, -0.2) is 13.6 Å². The lowest BCUT2D eigenvalue weighted by Crippen LogP contribution is -2.47. The zero-order valence-electron chi connectivity index (χ0n) is 26.0. The fourth-order valence-corrected chi connectivity index (χ4v) is 6.62. The van der Waals surface area contributed by atoms with Gasteiger partial charge in [0.25, 0.3) is 0 Å².